The molecular formula is C26H22FN3O. The average Bonchev–Trinajstić information content (AvgIpc) is 3.34. The van der Waals surface area contributed by atoms with Crippen LogP contribution in [0.2, 0.25) is 0 Å². The number of hydrogen-bond acceptors (Lipinski definition) is 2. The van der Waals surface area contributed by atoms with E-state index in [1.165, 1.54) is 17.7 Å². The van der Waals surface area contributed by atoms with Gasteiger partial charge in [0.05, 0.1) is 11.7 Å². The van der Waals surface area contributed by atoms with Gasteiger partial charge in [0, 0.05) is 16.8 Å². The maximum absolute atomic E-state index is 13.5. The maximum Gasteiger partial charge on any atom is 0.277 e. The van der Waals surface area contributed by atoms with Gasteiger partial charge >= 0.3 is 0 Å². The predicted octanol–water partition coefficient (Wildman–Crippen LogP) is 6.09. The number of hydrogen-bond donors (Lipinski definition) is 1. The molecule has 4 aromatic rings. The van der Waals surface area contributed by atoms with E-state index in [-0.39, 0.29) is 17.8 Å². The molecule has 31 heavy (non-hydrogen) atoms. The van der Waals surface area contributed by atoms with Crippen LogP contribution in [0, 0.1) is 5.82 Å². The van der Waals surface area contributed by atoms with Crippen LogP contribution in [0.25, 0.3) is 11.3 Å². The first-order valence-electron chi connectivity index (χ1n) is 10.4. The minimum Gasteiger partial charge on any atom is -0.295 e. The van der Waals surface area contributed by atoms with Crippen molar-refractivity contribution in [1.82, 2.24) is 10.2 Å². The number of benzene rings is 3. The van der Waals surface area contributed by atoms with Crippen LogP contribution in [-0.2, 0) is 0 Å². The van der Waals surface area contributed by atoms with Gasteiger partial charge < -0.3 is 0 Å². The molecule has 0 spiro atoms. The molecule has 1 aliphatic rings. The lowest BCUT2D eigenvalue weighted by Crippen LogP contribution is -2.29. The molecule has 0 fully saturated rings. The average molecular weight is 411 g/mol. The topological polar surface area (TPSA) is 49.0 Å². The third-order valence-electron chi connectivity index (χ3n) is 5.84. The Kier molecular flexibility index (Phi) is 4.66. The number of aromatic amines is 1. The highest BCUT2D eigenvalue weighted by Gasteiger charge is 2.43. The van der Waals surface area contributed by atoms with Gasteiger partial charge in [-0.2, -0.15) is 5.10 Å². The Balaban J connectivity index is 1.69. The third kappa shape index (κ3) is 3.22. The van der Waals surface area contributed by atoms with Gasteiger partial charge in [0.25, 0.3) is 5.91 Å². The Morgan fingerprint density at radius 3 is 2.26 bits per heavy atom. The highest BCUT2D eigenvalue weighted by Crippen LogP contribution is 2.45. The summed E-state index contributed by atoms with van der Waals surface area (Å²) >= 11 is 0. The molecule has 154 valence electrons. The van der Waals surface area contributed by atoms with E-state index in [0.29, 0.717) is 17.3 Å². The van der Waals surface area contributed by atoms with Crippen molar-refractivity contribution >= 4 is 11.6 Å². The number of nitrogens with zero attached hydrogens (tertiary/aromatic N) is 2. The molecule has 0 aliphatic carbocycles. The number of H-pyrrole nitrogens is 1. The summed E-state index contributed by atoms with van der Waals surface area (Å²) < 4.78 is 13.5. The van der Waals surface area contributed by atoms with E-state index in [0.717, 1.165) is 22.4 Å². The lowest BCUT2D eigenvalue weighted by molar-refractivity contribution is 0.0989. The number of halogens is 1. The van der Waals surface area contributed by atoms with Gasteiger partial charge in [0.2, 0.25) is 0 Å². The second-order valence-electron chi connectivity index (χ2n) is 8.10. The Bertz CT molecular complexity index is 1230. The zero-order valence-corrected chi connectivity index (χ0v) is 17.3. The standard InChI is InChI=1S/C26H22FN3O/c1-16(2)17-8-10-19(11-9-17)25-22-23(18-12-14-20(27)15-13-18)28-29-24(22)26(31)30(25)21-6-4-3-5-7-21/h3-16,25H,1-2H3,(H,28,29). The van der Waals surface area contributed by atoms with E-state index in [9.17, 15) is 9.18 Å². The van der Waals surface area contributed by atoms with Gasteiger partial charge in [0.1, 0.15) is 11.5 Å². The number of carbonyl (C=O) groups is 1. The first-order valence-corrected chi connectivity index (χ1v) is 10.4. The van der Waals surface area contributed by atoms with E-state index in [1.807, 2.05) is 30.3 Å². The predicted molar refractivity (Wildman–Crippen MR) is 120 cm³/mol. The van der Waals surface area contributed by atoms with Crippen LogP contribution in [-0.4, -0.2) is 16.1 Å². The van der Waals surface area contributed by atoms with Crippen LogP contribution in [0.5, 0.6) is 0 Å². The SMILES string of the molecule is CC(C)c1ccc(C2c3c(-c4ccc(F)cc4)n[nH]c3C(=O)N2c2ccccc2)cc1. The summed E-state index contributed by atoms with van der Waals surface area (Å²) in [6.07, 6.45) is 0. The van der Waals surface area contributed by atoms with Gasteiger partial charge in [-0.25, -0.2) is 4.39 Å². The molecule has 3 aromatic carbocycles. The molecule has 1 unspecified atom stereocenters. The summed E-state index contributed by atoms with van der Waals surface area (Å²) in [4.78, 5) is 15.3. The van der Waals surface area contributed by atoms with Gasteiger partial charge in [-0.15, -0.1) is 0 Å². The van der Waals surface area contributed by atoms with Crippen molar-refractivity contribution in [3.63, 3.8) is 0 Å². The smallest absolute Gasteiger partial charge is 0.277 e. The number of fused-ring (bicyclic) bond motifs is 1. The third-order valence-corrected chi connectivity index (χ3v) is 5.84. The zero-order chi connectivity index (χ0) is 21.5. The fourth-order valence-electron chi connectivity index (χ4n) is 4.21. The number of rotatable bonds is 4. The summed E-state index contributed by atoms with van der Waals surface area (Å²) in [6, 6.07) is 23.9. The molecule has 1 N–H and O–H groups in total. The summed E-state index contributed by atoms with van der Waals surface area (Å²) in [5, 5.41) is 7.39. The zero-order valence-electron chi connectivity index (χ0n) is 17.3. The number of amides is 1. The number of para-hydroxylation sites is 1. The number of carbonyl (C=O) groups excluding carboxylic acids is 1. The summed E-state index contributed by atoms with van der Waals surface area (Å²) in [6.45, 7) is 4.32. The second kappa shape index (κ2) is 7.51. The largest absolute Gasteiger partial charge is 0.295 e. The Hall–Kier alpha value is -3.73. The Labute approximate surface area is 180 Å². The molecule has 4 nitrogen and oxygen atoms in total. The second-order valence-corrected chi connectivity index (χ2v) is 8.10. The lowest BCUT2D eigenvalue weighted by atomic mass is 9.93. The van der Waals surface area contributed by atoms with Crippen molar-refractivity contribution in [1.29, 1.82) is 0 Å². The molecule has 5 rings (SSSR count). The molecule has 0 bridgehead atoms. The normalized spacial score (nSPS) is 15.5. The van der Waals surface area contributed by atoms with Crippen molar-refractivity contribution in [2.75, 3.05) is 4.90 Å². The first-order chi connectivity index (χ1) is 15.0. The van der Waals surface area contributed by atoms with Crippen LogP contribution in [0.15, 0.2) is 78.9 Å². The van der Waals surface area contributed by atoms with Gasteiger partial charge in [-0.1, -0.05) is 56.3 Å². The quantitative estimate of drug-likeness (QED) is 0.442. The minimum absolute atomic E-state index is 0.125. The van der Waals surface area contributed by atoms with Crippen molar-refractivity contribution in [2.45, 2.75) is 25.8 Å². The van der Waals surface area contributed by atoms with Crippen molar-refractivity contribution in [3.05, 3.63) is 107 Å². The van der Waals surface area contributed by atoms with Crippen LogP contribution in [0.3, 0.4) is 0 Å². The lowest BCUT2D eigenvalue weighted by Gasteiger charge is -2.26. The van der Waals surface area contributed by atoms with Crippen LogP contribution in [0.1, 0.15) is 53.0 Å². The fourth-order valence-corrected chi connectivity index (χ4v) is 4.21. The van der Waals surface area contributed by atoms with E-state index < -0.39 is 0 Å². The number of anilines is 1. The van der Waals surface area contributed by atoms with Crippen molar-refractivity contribution in [3.8, 4) is 11.3 Å². The molecule has 1 atom stereocenters. The summed E-state index contributed by atoms with van der Waals surface area (Å²) in [5.41, 5.74) is 5.79. The van der Waals surface area contributed by atoms with Crippen LogP contribution >= 0.6 is 0 Å². The van der Waals surface area contributed by atoms with E-state index in [2.05, 4.69) is 48.3 Å². The van der Waals surface area contributed by atoms with Gasteiger partial charge in [-0.05, 0) is 53.4 Å². The summed E-state index contributed by atoms with van der Waals surface area (Å²) in [7, 11) is 0. The number of nitrogens with one attached hydrogen (secondary N) is 1. The molecule has 0 saturated carbocycles. The molecule has 1 aromatic heterocycles. The summed E-state index contributed by atoms with van der Waals surface area (Å²) in [5.74, 6) is -0.0116. The van der Waals surface area contributed by atoms with Crippen LogP contribution < -0.4 is 4.90 Å². The molecule has 1 amide bonds. The minimum atomic E-state index is -0.329. The molecule has 5 heteroatoms. The molecule has 0 radical (unpaired) electrons. The monoisotopic (exact) mass is 411 g/mol. The fraction of sp³-hybridized carbons (Fsp3) is 0.154. The van der Waals surface area contributed by atoms with Gasteiger partial charge in [0.15, 0.2) is 0 Å². The highest BCUT2D eigenvalue weighted by molar-refractivity contribution is 6.11. The Morgan fingerprint density at radius 1 is 0.935 bits per heavy atom. The van der Waals surface area contributed by atoms with Crippen LogP contribution in [0.4, 0.5) is 10.1 Å². The van der Waals surface area contributed by atoms with E-state index in [4.69, 9.17) is 0 Å². The van der Waals surface area contributed by atoms with Crippen molar-refractivity contribution in [2.24, 2.45) is 0 Å². The van der Waals surface area contributed by atoms with Gasteiger partial charge in [-0.3, -0.25) is 14.8 Å². The maximum atomic E-state index is 13.5. The molecule has 1 aliphatic heterocycles. The van der Waals surface area contributed by atoms with E-state index >= 15 is 0 Å². The molecule has 0 saturated heterocycles. The highest BCUT2D eigenvalue weighted by atomic mass is 19.1. The van der Waals surface area contributed by atoms with Crippen molar-refractivity contribution < 1.29 is 9.18 Å². The molecule has 2 heterocycles. The Morgan fingerprint density at radius 2 is 1.61 bits per heavy atom. The number of aromatic nitrogens is 2. The van der Waals surface area contributed by atoms with E-state index in [1.54, 1.807) is 17.0 Å². The first kappa shape index (κ1) is 19.2. The molecular weight excluding hydrogens is 389 g/mol.